The highest BCUT2D eigenvalue weighted by atomic mass is 79.9. The third-order valence-electron chi connectivity index (χ3n) is 2.49. The number of nitro groups is 1. The van der Waals surface area contributed by atoms with Crippen LogP contribution >= 0.6 is 39.1 Å². The molecule has 0 atom stereocenters. The van der Waals surface area contributed by atoms with E-state index in [1.165, 1.54) is 18.5 Å². The van der Waals surface area contributed by atoms with Crippen LogP contribution in [0.3, 0.4) is 0 Å². The van der Waals surface area contributed by atoms with Crippen LogP contribution in [0, 0.1) is 10.1 Å². The lowest BCUT2D eigenvalue weighted by Gasteiger charge is -2.08. The third-order valence-corrected chi connectivity index (χ3v) is 3.91. The lowest BCUT2D eigenvalue weighted by Crippen LogP contribution is -2.13. The van der Waals surface area contributed by atoms with E-state index >= 15 is 0 Å². The van der Waals surface area contributed by atoms with Crippen molar-refractivity contribution in [1.29, 1.82) is 0 Å². The molecule has 6 nitrogen and oxygen atoms in total. The number of hydrogen-bond donors (Lipinski definition) is 1. The number of nitrogens with zero attached hydrogens (tertiary/aromatic N) is 2. The van der Waals surface area contributed by atoms with Gasteiger partial charge in [0.15, 0.2) is 0 Å². The number of benzene rings is 1. The van der Waals surface area contributed by atoms with Crippen LogP contribution in [0.5, 0.6) is 0 Å². The summed E-state index contributed by atoms with van der Waals surface area (Å²) < 4.78 is 0.577. The van der Waals surface area contributed by atoms with Gasteiger partial charge in [-0.15, -0.1) is 0 Å². The zero-order valence-electron chi connectivity index (χ0n) is 10.1. The molecule has 1 aromatic carbocycles. The Morgan fingerprint density at radius 3 is 2.71 bits per heavy atom. The number of carbonyl (C=O) groups is 1. The summed E-state index contributed by atoms with van der Waals surface area (Å²) in [4.78, 5) is 26.2. The average molecular weight is 391 g/mol. The summed E-state index contributed by atoms with van der Waals surface area (Å²) in [5.74, 6) is -0.552. The first kappa shape index (κ1) is 15.7. The molecule has 0 bridgehead atoms. The van der Waals surface area contributed by atoms with E-state index < -0.39 is 16.5 Å². The molecule has 0 aliphatic heterocycles. The molecule has 0 aliphatic carbocycles. The van der Waals surface area contributed by atoms with Gasteiger partial charge in [0.25, 0.3) is 11.6 Å². The van der Waals surface area contributed by atoms with E-state index in [-0.39, 0.29) is 15.6 Å². The quantitative estimate of drug-likeness (QED) is 0.624. The van der Waals surface area contributed by atoms with Crippen LogP contribution in [-0.2, 0) is 0 Å². The summed E-state index contributed by atoms with van der Waals surface area (Å²) in [7, 11) is 0. The molecular weight excluding hydrogens is 385 g/mol. The zero-order chi connectivity index (χ0) is 15.6. The molecule has 0 saturated heterocycles. The van der Waals surface area contributed by atoms with Crippen molar-refractivity contribution in [3.63, 3.8) is 0 Å². The smallest absolute Gasteiger partial charge is 0.290 e. The number of nitro benzene ring substituents is 1. The molecule has 1 N–H and O–H groups in total. The molecule has 0 aliphatic rings. The first-order valence-corrected chi connectivity index (χ1v) is 6.99. The SMILES string of the molecule is O=C(Nc1ccncc1Br)c1cc(Cl)c(Cl)c([N+](=O)[O-])c1. The van der Waals surface area contributed by atoms with Crippen molar-refractivity contribution < 1.29 is 9.72 Å². The van der Waals surface area contributed by atoms with Crippen LogP contribution in [0.25, 0.3) is 0 Å². The lowest BCUT2D eigenvalue weighted by atomic mass is 10.2. The van der Waals surface area contributed by atoms with Gasteiger partial charge in [-0.2, -0.15) is 0 Å². The fraction of sp³-hybridized carbons (Fsp3) is 0. The highest BCUT2D eigenvalue weighted by Crippen LogP contribution is 2.33. The molecule has 2 rings (SSSR count). The predicted molar refractivity (Wildman–Crippen MR) is 83.0 cm³/mol. The first-order valence-electron chi connectivity index (χ1n) is 5.44. The molecule has 1 amide bonds. The Labute approximate surface area is 137 Å². The number of aromatic nitrogens is 1. The van der Waals surface area contributed by atoms with Crippen molar-refractivity contribution in [2.75, 3.05) is 5.32 Å². The van der Waals surface area contributed by atoms with Gasteiger partial charge in [-0.3, -0.25) is 19.9 Å². The Balaban J connectivity index is 2.36. The van der Waals surface area contributed by atoms with E-state index in [0.29, 0.717) is 10.2 Å². The van der Waals surface area contributed by atoms with Crippen molar-refractivity contribution in [2.24, 2.45) is 0 Å². The number of carbonyl (C=O) groups excluding carboxylic acids is 1. The zero-order valence-corrected chi connectivity index (χ0v) is 13.2. The van der Waals surface area contributed by atoms with Gasteiger partial charge in [-0.05, 0) is 28.1 Å². The van der Waals surface area contributed by atoms with Crippen LogP contribution in [-0.4, -0.2) is 15.8 Å². The molecule has 0 fully saturated rings. The minimum Gasteiger partial charge on any atom is -0.321 e. The summed E-state index contributed by atoms with van der Waals surface area (Å²) in [5, 5.41) is 13.2. The minimum atomic E-state index is -0.701. The largest absolute Gasteiger partial charge is 0.321 e. The number of halogens is 3. The molecule has 0 unspecified atom stereocenters. The Morgan fingerprint density at radius 1 is 1.38 bits per heavy atom. The van der Waals surface area contributed by atoms with Crippen LogP contribution in [0.15, 0.2) is 35.1 Å². The highest BCUT2D eigenvalue weighted by molar-refractivity contribution is 9.10. The first-order chi connectivity index (χ1) is 9.90. The molecular formula is C12H6BrCl2N3O3. The third kappa shape index (κ3) is 3.49. The predicted octanol–water partition coefficient (Wildman–Crippen LogP) is 4.31. The van der Waals surface area contributed by atoms with Crippen molar-refractivity contribution in [1.82, 2.24) is 4.98 Å². The lowest BCUT2D eigenvalue weighted by molar-refractivity contribution is -0.384. The van der Waals surface area contributed by atoms with Crippen molar-refractivity contribution in [3.05, 3.63) is 60.8 Å². The Bertz CT molecular complexity index is 740. The number of rotatable bonds is 3. The van der Waals surface area contributed by atoms with E-state index in [1.54, 1.807) is 6.07 Å². The standard InChI is InChI=1S/C12H6BrCl2N3O3/c13-7-5-16-2-1-9(7)17-12(19)6-3-8(14)11(15)10(4-6)18(20)21/h1-5H,(H,16,17,19). The van der Waals surface area contributed by atoms with Gasteiger partial charge in [-0.25, -0.2) is 0 Å². The Morgan fingerprint density at radius 2 is 2.10 bits per heavy atom. The van der Waals surface area contributed by atoms with Crippen LogP contribution in [0.1, 0.15) is 10.4 Å². The monoisotopic (exact) mass is 389 g/mol. The molecule has 9 heteroatoms. The molecule has 21 heavy (non-hydrogen) atoms. The van der Waals surface area contributed by atoms with Crippen LogP contribution < -0.4 is 5.32 Å². The van der Waals surface area contributed by atoms with Crippen molar-refractivity contribution >= 4 is 56.4 Å². The van der Waals surface area contributed by atoms with Crippen molar-refractivity contribution in [3.8, 4) is 0 Å². The van der Waals surface area contributed by atoms with Gasteiger partial charge in [-0.1, -0.05) is 23.2 Å². The molecule has 0 radical (unpaired) electrons. The highest BCUT2D eigenvalue weighted by Gasteiger charge is 2.20. The minimum absolute atomic E-state index is 0.0276. The maximum atomic E-state index is 12.1. The second kappa shape index (κ2) is 6.38. The Hall–Kier alpha value is -1.70. The maximum Gasteiger partial charge on any atom is 0.290 e. The number of pyridine rings is 1. The van der Waals surface area contributed by atoms with Crippen LogP contribution in [0.4, 0.5) is 11.4 Å². The second-order valence-corrected chi connectivity index (χ2v) is 5.50. The van der Waals surface area contributed by atoms with Gasteiger partial charge in [0.2, 0.25) is 0 Å². The van der Waals surface area contributed by atoms with Gasteiger partial charge in [0.05, 0.1) is 20.1 Å². The van der Waals surface area contributed by atoms with Gasteiger partial charge in [0.1, 0.15) is 5.02 Å². The molecule has 1 aromatic heterocycles. The van der Waals surface area contributed by atoms with E-state index in [9.17, 15) is 14.9 Å². The molecule has 108 valence electrons. The molecule has 2 aromatic rings. The average Bonchev–Trinajstić information content (AvgIpc) is 2.43. The van der Waals surface area contributed by atoms with E-state index in [4.69, 9.17) is 23.2 Å². The summed E-state index contributed by atoms with van der Waals surface area (Å²) in [6.07, 6.45) is 3.00. The van der Waals surface area contributed by atoms with E-state index in [0.717, 1.165) is 6.07 Å². The molecule has 0 saturated carbocycles. The number of hydrogen-bond acceptors (Lipinski definition) is 4. The van der Waals surface area contributed by atoms with Crippen LogP contribution in [0.2, 0.25) is 10.0 Å². The second-order valence-electron chi connectivity index (χ2n) is 3.86. The van der Waals surface area contributed by atoms with E-state index in [2.05, 4.69) is 26.2 Å². The van der Waals surface area contributed by atoms with Gasteiger partial charge < -0.3 is 5.32 Å². The van der Waals surface area contributed by atoms with E-state index in [1.807, 2.05) is 0 Å². The Kier molecular flexibility index (Phi) is 4.76. The number of anilines is 1. The topological polar surface area (TPSA) is 85.1 Å². The normalized spacial score (nSPS) is 10.2. The number of amides is 1. The van der Waals surface area contributed by atoms with Gasteiger partial charge in [0, 0.05) is 24.0 Å². The molecule has 0 spiro atoms. The summed E-state index contributed by atoms with van der Waals surface area (Å²) in [6.45, 7) is 0. The summed E-state index contributed by atoms with van der Waals surface area (Å²) in [5.41, 5.74) is 0.0756. The fourth-order valence-electron chi connectivity index (χ4n) is 1.51. The fourth-order valence-corrected chi connectivity index (χ4v) is 2.25. The van der Waals surface area contributed by atoms with Crippen molar-refractivity contribution in [2.45, 2.75) is 0 Å². The number of nitrogens with one attached hydrogen (secondary N) is 1. The summed E-state index contributed by atoms with van der Waals surface area (Å²) in [6, 6.07) is 3.91. The van der Waals surface area contributed by atoms with Gasteiger partial charge >= 0.3 is 0 Å². The summed E-state index contributed by atoms with van der Waals surface area (Å²) >= 11 is 14.8. The maximum absolute atomic E-state index is 12.1. The molecule has 1 heterocycles.